The van der Waals surface area contributed by atoms with Gasteiger partial charge in [-0.3, -0.25) is 0 Å². The SMILES string of the molecule is CCOCCCn1c(COc2ccc3ccccc3c2)nc2cc(C(F)(F)F)ccc21. The first kappa shape index (κ1) is 21.2. The van der Waals surface area contributed by atoms with Crippen LogP contribution in [-0.2, 0) is 24.1 Å². The minimum absolute atomic E-state index is 0.156. The summed E-state index contributed by atoms with van der Waals surface area (Å²) in [4.78, 5) is 4.46. The summed E-state index contributed by atoms with van der Waals surface area (Å²) in [7, 11) is 0. The molecule has 0 radical (unpaired) electrons. The molecule has 0 aliphatic rings. The number of ether oxygens (including phenoxy) is 2. The summed E-state index contributed by atoms with van der Waals surface area (Å²) in [6.07, 6.45) is -3.68. The van der Waals surface area contributed by atoms with Crippen molar-refractivity contribution in [3.8, 4) is 5.75 Å². The van der Waals surface area contributed by atoms with Gasteiger partial charge in [-0.25, -0.2) is 4.98 Å². The van der Waals surface area contributed by atoms with E-state index in [1.165, 1.54) is 6.07 Å². The number of benzene rings is 3. The first-order chi connectivity index (χ1) is 15.0. The highest BCUT2D eigenvalue weighted by Crippen LogP contribution is 2.32. The number of aromatic nitrogens is 2. The fourth-order valence-electron chi connectivity index (χ4n) is 3.59. The number of fused-ring (bicyclic) bond motifs is 2. The lowest BCUT2D eigenvalue weighted by molar-refractivity contribution is -0.137. The summed E-state index contributed by atoms with van der Waals surface area (Å²) in [6.45, 7) is 3.86. The van der Waals surface area contributed by atoms with Gasteiger partial charge in [0.15, 0.2) is 0 Å². The molecule has 0 atom stereocenters. The number of alkyl halides is 3. The molecule has 162 valence electrons. The number of halogens is 3. The van der Waals surface area contributed by atoms with Gasteiger partial charge in [-0.1, -0.05) is 30.3 Å². The predicted molar refractivity (Wildman–Crippen MR) is 114 cm³/mol. The van der Waals surface area contributed by atoms with Crippen LogP contribution in [0.15, 0.2) is 60.7 Å². The number of rotatable bonds is 8. The van der Waals surface area contributed by atoms with Crippen molar-refractivity contribution in [1.29, 1.82) is 0 Å². The van der Waals surface area contributed by atoms with Crippen LogP contribution in [-0.4, -0.2) is 22.8 Å². The Labute approximate surface area is 178 Å². The number of aryl methyl sites for hydroxylation is 1. The average molecular weight is 428 g/mol. The number of nitrogens with zero attached hydrogens (tertiary/aromatic N) is 2. The third-order valence-electron chi connectivity index (χ3n) is 5.12. The molecule has 0 aliphatic heterocycles. The molecule has 4 aromatic rings. The van der Waals surface area contributed by atoms with Gasteiger partial charge >= 0.3 is 6.18 Å². The molecule has 7 heteroatoms. The van der Waals surface area contributed by atoms with Crippen LogP contribution in [0.3, 0.4) is 0 Å². The summed E-state index contributed by atoms with van der Waals surface area (Å²) in [6, 6.07) is 17.4. The van der Waals surface area contributed by atoms with Crippen LogP contribution >= 0.6 is 0 Å². The molecule has 3 aromatic carbocycles. The van der Waals surface area contributed by atoms with Gasteiger partial charge in [0.1, 0.15) is 18.2 Å². The zero-order chi connectivity index (χ0) is 21.8. The Balaban J connectivity index is 1.61. The van der Waals surface area contributed by atoms with E-state index in [9.17, 15) is 13.2 Å². The summed E-state index contributed by atoms with van der Waals surface area (Å²) in [5.74, 6) is 1.27. The second kappa shape index (κ2) is 8.98. The van der Waals surface area contributed by atoms with E-state index < -0.39 is 11.7 Å². The lowest BCUT2D eigenvalue weighted by Gasteiger charge is -2.11. The maximum atomic E-state index is 13.1. The Morgan fingerprint density at radius 1 is 0.968 bits per heavy atom. The van der Waals surface area contributed by atoms with E-state index in [1.54, 1.807) is 0 Å². The summed E-state index contributed by atoms with van der Waals surface area (Å²) >= 11 is 0. The number of hydrogen-bond acceptors (Lipinski definition) is 3. The smallest absolute Gasteiger partial charge is 0.416 e. The van der Waals surface area contributed by atoms with Gasteiger partial charge in [0, 0.05) is 19.8 Å². The van der Waals surface area contributed by atoms with Crippen LogP contribution < -0.4 is 4.74 Å². The van der Waals surface area contributed by atoms with Crippen LogP contribution in [0.1, 0.15) is 24.7 Å². The summed E-state index contributed by atoms with van der Waals surface area (Å²) < 4.78 is 52.7. The maximum Gasteiger partial charge on any atom is 0.416 e. The molecule has 0 fully saturated rings. The Hall–Kier alpha value is -3.06. The average Bonchev–Trinajstić information content (AvgIpc) is 3.11. The fraction of sp³-hybridized carbons (Fsp3) is 0.292. The zero-order valence-electron chi connectivity index (χ0n) is 17.2. The van der Waals surface area contributed by atoms with Crippen LogP contribution in [0.2, 0.25) is 0 Å². The Morgan fingerprint density at radius 2 is 1.77 bits per heavy atom. The van der Waals surface area contributed by atoms with Gasteiger partial charge in [0.2, 0.25) is 0 Å². The van der Waals surface area contributed by atoms with Crippen LogP contribution in [0.4, 0.5) is 13.2 Å². The number of imidazole rings is 1. The molecule has 0 spiro atoms. The van der Waals surface area contributed by atoms with E-state index in [0.717, 1.165) is 29.3 Å². The Bertz CT molecular complexity index is 1180. The quantitative estimate of drug-likeness (QED) is 0.313. The summed E-state index contributed by atoms with van der Waals surface area (Å²) in [5, 5.41) is 2.16. The topological polar surface area (TPSA) is 36.3 Å². The van der Waals surface area contributed by atoms with Crippen molar-refractivity contribution in [3.05, 3.63) is 72.1 Å². The molecule has 0 aliphatic carbocycles. The van der Waals surface area contributed by atoms with E-state index in [4.69, 9.17) is 9.47 Å². The highest BCUT2D eigenvalue weighted by molar-refractivity contribution is 5.83. The van der Waals surface area contributed by atoms with Crippen molar-refractivity contribution in [2.45, 2.75) is 32.7 Å². The minimum atomic E-state index is -4.41. The second-order valence-corrected chi connectivity index (χ2v) is 7.23. The van der Waals surface area contributed by atoms with Crippen molar-refractivity contribution in [2.24, 2.45) is 0 Å². The lowest BCUT2D eigenvalue weighted by atomic mass is 10.1. The third kappa shape index (κ3) is 4.82. The largest absolute Gasteiger partial charge is 0.486 e. The molecule has 0 saturated carbocycles. The first-order valence-corrected chi connectivity index (χ1v) is 10.2. The molecule has 1 aromatic heterocycles. The van der Waals surface area contributed by atoms with E-state index in [0.29, 0.717) is 42.4 Å². The van der Waals surface area contributed by atoms with Gasteiger partial charge < -0.3 is 14.0 Å². The van der Waals surface area contributed by atoms with Gasteiger partial charge in [-0.2, -0.15) is 13.2 Å². The van der Waals surface area contributed by atoms with Crippen LogP contribution in [0, 0.1) is 0 Å². The normalized spacial score (nSPS) is 12.0. The maximum absolute atomic E-state index is 13.1. The molecule has 0 amide bonds. The molecule has 0 unspecified atom stereocenters. The molecular formula is C24H23F3N2O2. The number of hydrogen-bond donors (Lipinski definition) is 0. The predicted octanol–water partition coefficient (Wildman–Crippen LogP) is 6.21. The molecule has 0 bridgehead atoms. The molecule has 0 saturated heterocycles. The monoisotopic (exact) mass is 428 g/mol. The van der Waals surface area contributed by atoms with Crippen LogP contribution in [0.25, 0.3) is 21.8 Å². The van der Waals surface area contributed by atoms with Crippen molar-refractivity contribution < 1.29 is 22.6 Å². The van der Waals surface area contributed by atoms with Gasteiger partial charge in [-0.05, 0) is 54.4 Å². The summed E-state index contributed by atoms with van der Waals surface area (Å²) in [5.41, 5.74) is 0.255. The standard InChI is InChI=1S/C24H23F3N2O2/c1-2-30-13-5-12-29-22-11-9-19(24(25,26)27)15-21(22)28-23(29)16-31-20-10-8-17-6-3-4-7-18(17)14-20/h3-4,6-11,14-15H,2,5,12-13,16H2,1H3. The first-order valence-electron chi connectivity index (χ1n) is 10.2. The molecule has 4 rings (SSSR count). The molecule has 0 N–H and O–H groups in total. The lowest BCUT2D eigenvalue weighted by Crippen LogP contribution is -2.09. The van der Waals surface area contributed by atoms with Gasteiger partial charge in [0.05, 0.1) is 16.6 Å². The van der Waals surface area contributed by atoms with E-state index >= 15 is 0 Å². The molecule has 1 heterocycles. The fourth-order valence-corrected chi connectivity index (χ4v) is 3.59. The van der Waals surface area contributed by atoms with Gasteiger partial charge in [-0.15, -0.1) is 0 Å². The Kier molecular flexibility index (Phi) is 6.13. The zero-order valence-corrected chi connectivity index (χ0v) is 17.2. The van der Waals surface area contributed by atoms with Crippen molar-refractivity contribution in [3.63, 3.8) is 0 Å². The second-order valence-electron chi connectivity index (χ2n) is 7.23. The van der Waals surface area contributed by atoms with E-state index in [-0.39, 0.29) is 6.61 Å². The van der Waals surface area contributed by atoms with Crippen molar-refractivity contribution >= 4 is 21.8 Å². The minimum Gasteiger partial charge on any atom is -0.486 e. The van der Waals surface area contributed by atoms with E-state index in [1.807, 2.05) is 54.0 Å². The highest BCUT2D eigenvalue weighted by atomic mass is 19.4. The third-order valence-corrected chi connectivity index (χ3v) is 5.12. The highest BCUT2D eigenvalue weighted by Gasteiger charge is 2.31. The van der Waals surface area contributed by atoms with Crippen LogP contribution in [0.5, 0.6) is 5.75 Å². The molecule has 31 heavy (non-hydrogen) atoms. The van der Waals surface area contributed by atoms with E-state index in [2.05, 4.69) is 4.98 Å². The Morgan fingerprint density at radius 3 is 2.55 bits per heavy atom. The van der Waals surface area contributed by atoms with Crippen molar-refractivity contribution in [2.75, 3.05) is 13.2 Å². The molecule has 4 nitrogen and oxygen atoms in total. The molecular weight excluding hydrogens is 405 g/mol. The van der Waals surface area contributed by atoms with Crippen molar-refractivity contribution in [1.82, 2.24) is 9.55 Å². The van der Waals surface area contributed by atoms with Gasteiger partial charge in [0.25, 0.3) is 0 Å².